The first-order chi connectivity index (χ1) is 11.7. The molecule has 1 aromatic carbocycles. The lowest BCUT2D eigenvalue weighted by molar-refractivity contribution is -0.145. The Kier molecular flexibility index (Phi) is 3.69. The van der Waals surface area contributed by atoms with E-state index in [1.807, 2.05) is 30.3 Å². The Morgan fingerprint density at radius 1 is 1.12 bits per heavy atom. The molecule has 0 unspecified atom stereocenters. The van der Waals surface area contributed by atoms with E-state index >= 15 is 0 Å². The number of hydrogen-bond donors (Lipinski definition) is 1. The molecule has 0 bridgehead atoms. The Morgan fingerprint density at radius 2 is 1.88 bits per heavy atom. The van der Waals surface area contributed by atoms with Crippen LogP contribution in [0.3, 0.4) is 0 Å². The molecule has 2 aliphatic rings. The number of fused-ring (bicyclic) bond motifs is 1. The van der Waals surface area contributed by atoms with E-state index in [0.717, 1.165) is 10.9 Å². The number of carbonyl (C=O) groups is 2. The molecule has 6 heteroatoms. The first-order valence-corrected chi connectivity index (χ1v) is 8.23. The van der Waals surface area contributed by atoms with Gasteiger partial charge in [0.15, 0.2) is 0 Å². The summed E-state index contributed by atoms with van der Waals surface area (Å²) in [5.74, 6) is -0.298. The van der Waals surface area contributed by atoms with Crippen molar-refractivity contribution in [1.29, 1.82) is 0 Å². The summed E-state index contributed by atoms with van der Waals surface area (Å²) >= 11 is 0. The van der Waals surface area contributed by atoms with E-state index in [9.17, 15) is 9.59 Å². The Hall–Kier alpha value is -2.47. The van der Waals surface area contributed by atoms with E-state index in [1.54, 1.807) is 11.1 Å². The van der Waals surface area contributed by atoms with Crippen LogP contribution in [0.15, 0.2) is 36.5 Å². The van der Waals surface area contributed by atoms with Crippen molar-refractivity contribution in [3.8, 4) is 0 Å². The van der Waals surface area contributed by atoms with E-state index in [1.165, 1.54) is 0 Å². The van der Waals surface area contributed by atoms with Gasteiger partial charge in [0.05, 0.1) is 24.4 Å². The number of nitrogens with zero attached hydrogens (tertiary/aromatic N) is 2. The van der Waals surface area contributed by atoms with Gasteiger partial charge in [0.25, 0.3) is 0 Å². The second-order valence-electron chi connectivity index (χ2n) is 6.32. The third kappa shape index (κ3) is 2.53. The number of morpholine rings is 1. The minimum absolute atomic E-state index is 0.0727. The summed E-state index contributed by atoms with van der Waals surface area (Å²) in [6.45, 7) is 2.20. The summed E-state index contributed by atoms with van der Waals surface area (Å²) in [6, 6.07) is 9.46. The molecule has 2 amide bonds. The molecule has 0 spiro atoms. The average molecular weight is 325 g/mol. The van der Waals surface area contributed by atoms with Gasteiger partial charge in [0.2, 0.25) is 11.8 Å². The van der Waals surface area contributed by atoms with Gasteiger partial charge in [0, 0.05) is 24.7 Å². The van der Waals surface area contributed by atoms with Crippen molar-refractivity contribution in [3.63, 3.8) is 0 Å². The number of ether oxygens (including phenoxy) is 1. The Bertz CT molecular complexity index is 790. The third-order valence-corrected chi connectivity index (χ3v) is 4.77. The van der Waals surface area contributed by atoms with Gasteiger partial charge in [-0.05, 0) is 25.0 Å². The molecule has 2 fully saturated rings. The van der Waals surface area contributed by atoms with Gasteiger partial charge in [-0.25, -0.2) is 0 Å². The van der Waals surface area contributed by atoms with Crippen LogP contribution in [0.25, 0.3) is 10.9 Å². The number of para-hydroxylation sites is 1. The monoisotopic (exact) mass is 325 g/mol. The van der Waals surface area contributed by atoms with Crippen molar-refractivity contribution in [3.05, 3.63) is 36.5 Å². The van der Waals surface area contributed by atoms with Crippen molar-refractivity contribution in [2.75, 3.05) is 31.6 Å². The maximum atomic E-state index is 12.8. The zero-order valence-corrected chi connectivity index (χ0v) is 13.3. The maximum Gasteiger partial charge on any atom is 0.240 e. The Balaban J connectivity index is 1.56. The highest BCUT2D eigenvalue weighted by atomic mass is 16.5. The molecule has 0 atom stereocenters. The van der Waals surface area contributed by atoms with Crippen LogP contribution in [0.2, 0.25) is 0 Å². The van der Waals surface area contributed by atoms with Gasteiger partial charge >= 0.3 is 0 Å². The average Bonchev–Trinajstić information content (AvgIpc) is 3.44. The predicted molar refractivity (Wildman–Crippen MR) is 89.4 cm³/mol. The molecule has 124 valence electrons. The maximum absolute atomic E-state index is 12.8. The molecule has 1 saturated heterocycles. The number of carbonyl (C=O) groups excluding carboxylic acids is 2. The molecule has 4 rings (SSSR count). The summed E-state index contributed by atoms with van der Waals surface area (Å²) in [5, 5.41) is 3.89. The minimum Gasteiger partial charge on any atom is -0.378 e. The standard InChI is InChI=1S/C18H19N3O3/c22-16(18(6-7-18)17(23)21-9-11-24-12-10-21)20-14-5-1-3-13-4-2-8-19-15(13)14/h1-5,8H,6-7,9-12H2,(H,20,22). The zero-order chi connectivity index (χ0) is 16.6. The van der Waals surface area contributed by atoms with Crippen LogP contribution in [0.5, 0.6) is 0 Å². The van der Waals surface area contributed by atoms with Crippen LogP contribution >= 0.6 is 0 Å². The van der Waals surface area contributed by atoms with Gasteiger partial charge < -0.3 is 15.0 Å². The second-order valence-corrected chi connectivity index (χ2v) is 6.32. The zero-order valence-electron chi connectivity index (χ0n) is 13.3. The SMILES string of the molecule is O=C(Nc1cccc2cccnc12)C1(C(=O)N2CCOCC2)CC1. The summed E-state index contributed by atoms with van der Waals surface area (Å²) in [5.41, 5.74) is 0.482. The fraction of sp³-hybridized carbons (Fsp3) is 0.389. The van der Waals surface area contributed by atoms with Gasteiger partial charge in [-0.15, -0.1) is 0 Å². The lowest BCUT2D eigenvalue weighted by Gasteiger charge is -2.30. The highest BCUT2D eigenvalue weighted by Gasteiger charge is 2.58. The minimum atomic E-state index is -0.908. The number of rotatable bonds is 3. The van der Waals surface area contributed by atoms with Crippen molar-refractivity contribution >= 4 is 28.4 Å². The number of hydrogen-bond acceptors (Lipinski definition) is 4. The second kappa shape index (κ2) is 5.87. The van der Waals surface area contributed by atoms with Crippen LogP contribution in [0, 0.1) is 5.41 Å². The third-order valence-electron chi connectivity index (χ3n) is 4.77. The Labute approximate surface area is 139 Å². The summed E-state index contributed by atoms with van der Waals surface area (Å²) in [7, 11) is 0. The van der Waals surface area contributed by atoms with Crippen LogP contribution in [0.1, 0.15) is 12.8 Å². The van der Waals surface area contributed by atoms with Gasteiger partial charge in [-0.2, -0.15) is 0 Å². The summed E-state index contributed by atoms with van der Waals surface area (Å²) in [4.78, 5) is 31.7. The molecule has 2 heterocycles. The van der Waals surface area contributed by atoms with E-state index in [4.69, 9.17) is 4.74 Å². The topological polar surface area (TPSA) is 71.5 Å². The molecule has 1 aliphatic carbocycles. The lowest BCUT2D eigenvalue weighted by atomic mass is 10.0. The van der Waals surface area contributed by atoms with Crippen molar-refractivity contribution < 1.29 is 14.3 Å². The van der Waals surface area contributed by atoms with Crippen LogP contribution in [-0.2, 0) is 14.3 Å². The van der Waals surface area contributed by atoms with E-state index in [2.05, 4.69) is 10.3 Å². The summed E-state index contributed by atoms with van der Waals surface area (Å²) in [6.07, 6.45) is 2.91. The number of aromatic nitrogens is 1. The molecule has 0 radical (unpaired) electrons. The molecule has 1 aliphatic heterocycles. The van der Waals surface area contributed by atoms with Gasteiger partial charge in [-0.1, -0.05) is 18.2 Å². The molecular formula is C18H19N3O3. The van der Waals surface area contributed by atoms with Crippen LogP contribution in [-0.4, -0.2) is 48.0 Å². The van der Waals surface area contributed by atoms with Crippen LogP contribution in [0.4, 0.5) is 5.69 Å². The fourth-order valence-electron chi connectivity index (χ4n) is 3.18. The van der Waals surface area contributed by atoms with E-state index in [0.29, 0.717) is 44.8 Å². The number of anilines is 1. The number of nitrogens with one attached hydrogen (secondary N) is 1. The molecule has 1 saturated carbocycles. The van der Waals surface area contributed by atoms with Crippen molar-refractivity contribution in [1.82, 2.24) is 9.88 Å². The highest BCUT2D eigenvalue weighted by molar-refractivity contribution is 6.14. The summed E-state index contributed by atoms with van der Waals surface area (Å²) < 4.78 is 5.28. The van der Waals surface area contributed by atoms with Crippen molar-refractivity contribution in [2.45, 2.75) is 12.8 Å². The quantitative estimate of drug-likeness (QED) is 0.874. The smallest absolute Gasteiger partial charge is 0.240 e. The normalized spacial score (nSPS) is 19.1. The van der Waals surface area contributed by atoms with Gasteiger partial charge in [0.1, 0.15) is 5.41 Å². The Morgan fingerprint density at radius 3 is 2.62 bits per heavy atom. The fourth-order valence-corrected chi connectivity index (χ4v) is 3.18. The molecule has 6 nitrogen and oxygen atoms in total. The highest BCUT2D eigenvalue weighted by Crippen LogP contribution is 2.48. The largest absolute Gasteiger partial charge is 0.378 e. The number of amides is 2. The lowest BCUT2D eigenvalue weighted by Crippen LogP contribution is -2.47. The predicted octanol–water partition coefficient (Wildman–Crippen LogP) is 1.81. The van der Waals surface area contributed by atoms with E-state index < -0.39 is 5.41 Å². The van der Waals surface area contributed by atoms with E-state index in [-0.39, 0.29) is 11.8 Å². The van der Waals surface area contributed by atoms with Gasteiger partial charge in [-0.3, -0.25) is 14.6 Å². The molecular weight excluding hydrogens is 306 g/mol. The molecule has 1 N–H and O–H groups in total. The van der Waals surface area contributed by atoms with Crippen LogP contribution < -0.4 is 5.32 Å². The molecule has 1 aromatic heterocycles. The van der Waals surface area contributed by atoms with Crippen molar-refractivity contribution in [2.24, 2.45) is 5.41 Å². The number of pyridine rings is 1. The molecule has 24 heavy (non-hydrogen) atoms. The molecule has 2 aromatic rings. The number of benzene rings is 1. The first kappa shape index (κ1) is 15.1. The first-order valence-electron chi connectivity index (χ1n) is 8.23.